The number of carbonyl (C=O) groups excluding carboxylic acids is 1. The van der Waals surface area contributed by atoms with Crippen molar-refractivity contribution < 1.29 is 9.53 Å². The summed E-state index contributed by atoms with van der Waals surface area (Å²) in [7, 11) is 0. The largest absolute Gasteiger partial charge is 0.376 e. The van der Waals surface area contributed by atoms with Gasteiger partial charge in [0, 0.05) is 18.9 Å². The van der Waals surface area contributed by atoms with Crippen molar-refractivity contribution in [3.8, 4) is 0 Å². The maximum Gasteiger partial charge on any atom is 0.237 e. The van der Waals surface area contributed by atoms with Crippen LogP contribution in [0, 0.1) is 0 Å². The zero-order chi connectivity index (χ0) is 9.68. The minimum absolute atomic E-state index is 0.148. The highest BCUT2D eigenvalue weighted by molar-refractivity contribution is 7.80. The van der Waals surface area contributed by atoms with E-state index in [0.717, 1.165) is 19.4 Å². The molecule has 1 saturated heterocycles. The molecule has 0 bridgehead atoms. The summed E-state index contributed by atoms with van der Waals surface area (Å²) in [5, 5.41) is 2.74. The first-order valence-corrected chi connectivity index (χ1v) is 5.13. The summed E-state index contributed by atoms with van der Waals surface area (Å²) in [6.45, 7) is 1.37. The van der Waals surface area contributed by atoms with Crippen LogP contribution in [-0.2, 0) is 9.53 Å². The Morgan fingerprint density at radius 3 is 3.08 bits per heavy atom. The van der Waals surface area contributed by atoms with Gasteiger partial charge in [0.05, 0.1) is 12.1 Å². The molecule has 0 aromatic rings. The molecule has 0 aromatic heterocycles. The molecule has 1 heterocycles. The molecule has 0 aromatic carbocycles. The van der Waals surface area contributed by atoms with Gasteiger partial charge in [0.1, 0.15) is 0 Å². The van der Waals surface area contributed by atoms with E-state index in [4.69, 9.17) is 10.5 Å². The third-order valence-electron chi connectivity index (χ3n) is 2.06. The standard InChI is InChI=1S/C8H16N2O2S/c9-7(5-13)8(11)10-4-6-2-1-3-12-6/h6-7,13H,1-5,9H2,(H,10,11). The van der Waals surface area contributed by atoms with Gasteiger partial charge in [-0.1, -0.05) is 0 Å². The minimum Gasteiger partial charge on any atom is -0.376 e. The van der Waals surface area contributed by atoms with Crippen LogP contribution in [0.25, 0.3) is 0 Å². The van der Waals surface area contributed by atoms with Gasteiger partial charge in [-0.05, 0) is 12.8 Å². The number of amides is 1. The Morgan fingerprint density at radius 1 is 1.77 bits per heavy atom. The topological polar surface area (TPSA) is 64.4 Å². The lowest BCUT2D eigenvalue weighted by atomic mass is 10.2. The molecule has 1 aliphatic heterocycles. The Balaban J connectivity index is 2.13. The number of carbonyl (C=O) groups is 1. The second-order valence-electron chi connectivity index (χ2n) is 3.17. The van der Waals surface area contributed by atoms with Gasteiger partial charge in [0.15, 0.2) is 0 Å². The molecule has 2 atom stereocenters. The molecular weight excluding hydrogens is 188 g/mol. The van der Waals surface area contributed by atoms with Crippen LogP contribution in [0.3, 0.4) is 0 Å². The van der Waals surface area contributed by atoms with E-state index in [9.17, 15) is 4.79 Å². The van der Waals surface area contributed by atoms with E-state index in [0.29, 0.717) is 12.3 Å². The summed E-state index contributed by atoms with van der Waals surface area (Å²) in [6, 6.07) is -0.510. The summed E-state index contributed by atoms with van der Waals surface area (Å²) in [5.41, 5.74) is 5.47. The number of thiol groups is 1. The molecule has 0 spiro atoms. The lowest BCUT2D eigenvalue weighted by Gasteiger charge is -2.13. The van der Waals surface area contributed by atoms with Crippen LogP contribution in [0.15, 0.2) is 0 Å². The van der Waals surface area contributed by atoms with Gasteiger partial charge < -0.3 is 15.8 Å². The number of ether oxygens (including phenoxy) is 1. The lowest BCUT2D eigenvalue weighted by Crippen LogP contribution is -2.44. The molecular formula is C8H16N2O2S. The van der Waals surface area contributed by atoms with Crippen molar-refractivity contribution in [2.45, 2.75) is 25.0 Å². The Morgan fingerprint density at radius 2 is 2.54 bits per heavy atom. The Kier molecular flexibility index (Phi) is 4.55. The summed E-state index contributed by atoms with van der Waals surface area (Å²) < 4.78 is 5.34. The van der Waals surface area contributed by atoms with E-state index in [1.165, 1.54) is 0 Å². The summed E-state index contributed by atoms with van der Waals surface area (Å²) in [5.74, 6) is 0.225. The van der Waals surface area contributed by atoms with Gasteiger partial charge in [-0.15, -0.1) is 0 Å². The highest BCUT2D eigenvalue weighted by atomic mass is 32.1. The molecule has 76 valence electrons. The first-order chi connectivity index (χ1) is 6.24. The quantitative estimate of drug-likeness (QED) is 0.543. The molecule has 4 nitrogen and oxygen atoms in total. The molecule has 1 aliphatic rings. The predicted octanol–water partition coefficient (Wildman–Crippen LogP) is -0.461. The van der Waals surface area contributed by atoms with Crippen LogP contribution >= 0.6 is 12.6 Å². The van der Waals surface area contributed by atoms with Gasteiger partial charge in [-0.25, -0.2) is 0 Å². The van der Waals surface area contributed by atoms with Gasteiger partial charge in [0.25, 0.3) is 0 Å². The number of rotatable bonds is 4. The van der Waals surface area contributed by atoms with E-state index in [-0.39, 0.29) is 12.0 Å². The highest BCUT2D eigenvalue weighted by Gasteiger charge is 2.17. The summed E-state index contributed by atoms with van der Waals surface area (Å²) in [4.78, 5) is 11.2. The van der Waals surface area contributed by atoms with Crippen LogP contribution in [0.4, 0.5) is 0 Å². The van der Waals surface area contributed by atoms with E-state index >= 15 is 0 Å². The van der Waals surface area contributed by atoms with Crippen LogP contribution in [-0.4, -0.2) is 37.0 Å². The third kappa shape index (κ3) is 3.54. The Bertz CT molecular complexity index is 172. The van der Waals surface area contributed by atoms with Crippen molar-refractivity contribution in [3.05, 3.63) is 0 Å². The lowest BCUT2D eigenvalue weighted by molar-refractivity contribution is -0.122. The molecule has 13 heavy (non-hydrogen) atoms. The fraction of sp³-hybridized carbons (Fsp3) is 0.875. The Labute approximate surface area is 83.6 Å². The second kappa shape index (κ2) is 5.47. The molecule has 0 radical (unpaired) electrons. The molecule has 2 unspecified atom stereocenters. The second-order valence-corrected chi connectivity index (χ2v) is 3.53. The predicted molar refractivity (Wildman–Crippen MR) is 53.8 cm³/mol. The molecule has 0 aliphatic carbocycles. The normalized spacial score (nSPS) is 24.3. The average molecular weight is 204 g/mol. The van der Waals surface area contributed by atoms with Crippen molar-refractivity contribution in [2.75, 3.05) is 18.9 Å². The molecule has 0 saturated carbocycles. The van der Waals surface area contributed by atoms with Crippen LogP contribution in [0.1, 0.15) is 12.8 Å². The average Bonchev–Trinajstić information content (AvgIpc) is 2.65. The zero-order valence-corrected chi connectivity index (χ0v) is 8.43. The van der Waals surface area contributed by atoms with Crippen molar-refractivity contribution in [3.63, 3.8) is 0 Å². The highest BCUT2D eigenvalue weighted by Crippen LogP contribution is 2.10. The SMILES string of the molecule is NC(CS)C(=O)NCC1CCCO1. The van der Waals surface area contributed by atoms with Gasteiger partial charge in [-0.2, -0.15) is 12.6 Å². The van der Waals surface area contributed by atoms with E-state index in [2.05, 4.69) is 17.9 Å². The van der Waals surface area contributed by atoms with E-state index in [1.807, 2.05) is 0 Å². The van der Waals surface area contributed by atoms with E-state index < -0.39 is 6.04 Å². The van der Waals surface area contributed by atoms with Gasteiger partial charge >= 0.3 is 0 Å². The third-order valence-corrected chi connectivity index (χ3v) is 2.45. The fourth-order valence-corrected chi connectivity index (χ4v) is 1.40. The van der Waals surface area contributed by atoms with Crippen molar-refractivity contribution in [1.82, 2.24) is 5.32 Å². The summed E-state index contributed by atoms with van der Waals surface area (Å²) in [6.07, 6.45) is 2.28. The fourth-order valence-electron chi connectivity index (χ4n) is 1.23. The van der Waals surface area contributed by atoms with Crippen LogP contribution in [0.5, 0.6) is 0 Å². The minimum atomic E-state index is -0.510. The maximum absolute atomic E-state index is 11.2. The van der Waals surface area contributed by atoms with E-state index in [1.54, 1.807) is 0 Å². The van der Waals surface area contributed by atoms with Crippen LogP contribution < -0.4 is 11.1 Å². The van der Waals surface area contributed by atoms with Crippen LogP contribution in [0.2, 0.25) is 0 Å². The number of hydrogen-bond acceptors (Lipinski definition) is 4. The van der Waals surface area contributed by atoms with Gasteiger partial charge in [0.2, 0.25) is 5.91 Å². The first kappa shape index (κ1) is 10.8. The molecule has 5 heteroatoms. The smallest absolute Gasteiger partial charge is 0.237 e. The molecule has 1 amide bonds. The van der Waals surface area contributed by atoms with Crippen molar-refractivity contribution in [1.29, 1.82) is 0 Å². The number of hydrogen-bond donors (Lipinski definition) is 3. The van der Waals surface area contributed by atoms with Gasteiger partial charge in [-0.3, -0.25) is 4.79 Å². The van der Waals surface area contributed by atoms with Crippen molar-refractivity contribution >= 4 is 18.5 Å². The monoisotopic (exact) mass is 204 g/mol. The number of nitrogens with two attached hydrogens (primary N) is 1. The molecule has 1 rings (SSSR count). The van der Waals surface area contributed by atoms with Crippen molar-refractivity contribution in [2.24, 2.45) is 5.73 Å². The Hall–Kier alpha value is -0.260. The summed E-state index contributed by atoms with van der Waals surface area (Å²) >= 11 is 3.94. The number of nitrogens with one attached hydrogen (secondary N) is 1. The zero-order valence-electron chi connectivity index (χ0n) is 7.53. The molecule has 3 N–H and O–H groups in total. The first-order valence-electron chi connectivity index (χ1n) is 4.50. The molecule has 1 fully saturated rings. The maximum atomic E-state index is 11.2.